The molecule has 2 atom stereocenters. The Hall–Kier alpha value is -2.40. The van der Waals surface area contributed by atoms with Crippen LogP contribution >= 0.6 is 0 Å². The van der Waals surface area contributed by atoms with Crippen molar-refractivity contribution in [3.05, 3.63) is 65.0 Å². The Morgan fingerprint density at radius 3 is 2.71 bits per heavy atom. The summed E-state index contributed by atoms with van der Waals surface area (Å²) in [7, 11) is 0. The van der Waals surface area contributed by atoms with E-state index in [1.807, 2.05) is 13.0 Å². The van der Waals surface area contributed by atoms with Gasteiger partial charge < -0.3 is 16.4 Å². The van der Waals surface area contributed by atoms with Gasteiger partial charge in [-0.1, -0.05) is 6.07 Å². The van der Waals surface area contributed by atoms with Gasteiger partial charge in [0.05, 0.1) is 0 Å². The molecule has 24 heavy (non-hydrogen) atoms. The molecule has 0 spiro atoms. The SMILES string of the molecule is Cc1cc(F)ccc1[C@H]1C[C@@H](NC(=O)c2ccc(N)cc2)CCN1. The van der Waals surface area contributed by atoms with E-state index in [-0.39, 0.29) is 23.8 Å². The molecule has 0 radical (unpaired) electrons. The zero-order valence-electron chi connectivity index (χ0n) is 13.7. The van der Waals surface area contributed by atoms with Crippen LogP contribution in [0.4, 0.5) is 10.1 Å². The summed E-state index contributed by atoms with van der Waals surface area (Å²) in [4.78, 5) is 12.4. The van der Waals surface area contributed by atoms with Gasteiger partial charge in [-0.05, 0) is 73.8 Å². The summed E-state index contributed by atoms with van der Waals surface area (Å²) in [5, 5.41) is 6.55. The van der Waals surface area contributed by atoms with E-state index in [0.717, 1.165) is 30.5 Å². The lowest BCUT2D eigenvalue weighted by Gasteiger charge is -2.32. The van der Waals surface area contributed by atoms with Gasteiger partial charge >= 0.3 is 0 Å². The lowest BCUT2D eigenvalue weighted by molar-refractivity contribution is 0.0924. The first-order valence-corrected chi connectivity index (χ1v) is 8.19. The molecule has 4 N–H and O–H groups in total. The van der Waals surface area contributed by atoms with Crippen LogP contribution in [0, 0.1) is 12.7 Å². The quantitative estimate of drug-likeness (QED) is 0.759. The average molecular weight is 327 g/mol. The summed E-state index contributed by atoms with van der Waals surface area (Å²) in [6.07, 6.45) is 1.66. The molecule has 0 bridgehead atoms. The molecule has 0 saturated carbocycles. The third-order valence-electron chi connectivity index (χ3n) is 4.52. The third-order valence-corrected chi connectivity index (χ3v) is 4.52. The lowest BCUT2D eigenvalue weighted by atomic mass is 9.91. The van der Waals surface area contributed by atoms with E-state index in [0.29, 0.717) is 11.3 Å². The molecule has 1 aliphatic rings. The summed E-state index contributed by atoms with van der Waals surface area (Å²) in [6.45, 7) is 2.73. The predicted octanol–water partition coefficient (Wildman–Crippen LogP) is 2.94. The van der Waals surface area contributed by atoms with Crippen LogP contribution in [-0.4, -0.2) is 18.5 Å². The van der Waals surface area contributed by atoms with Gasteiger partial charge in [-0.2, -0.15) is 0 Å². The van der Waals surface area contributed by atoms with Crippen molar-refractivity contribution in [2.24, 2.45) is 0 Å². The number of nitrogens with two attached hydrogens (primary N) is 1. The van der Waals surface area contributed by atoms with Gasteiger partial charge in [0, 0.05) is 23.3 Å². The van der Waals surface area contributed by atoms with Crippen LogP contribution in [0.3, 0.4) is 0 Å². The Bertz CT molecular complexity index is 730. The van der Waals surface area contributed by atoms with Gasteiger partial charge in [0.1, 0.15) is 5.82 Å². The zero-order chi connectivity index (χ0) is 17.1. The van der Waals surface area contributed by atoms with Crippen LogP contribution in [0.5, 0.6) is 0 Å². The molecule has 1 saturated heterocycles. The number of hydrogen-bond donors (Lipinski definition) is 3. The van der Waals surface area contributed by atoms with Crippen LogP contribution in [0.25, 0.3) is 0 Å². The Kier molecular flexibility index (Phi) is 4.81. The van der Waals surface area contributed by atoms with Gasteiger partial charge in [0.15, 0.2) is 0 Å². The molecular formula is C19H22FN3O. The average Bonchev–Trinajstić information content (AvgIpc) is 2.55. The van der Waals surface area contributed by atoms with Crippen molar-refractivity contribution in [3.8, 4) is 0 Å². The molecule has 5 heteroatoms. The highest BCUT2D eigenvalue weighted by atomic mass is 19.1. The highest BCUT2D eigenvalue weighted by Gasteiger charge is 2.25. The zero-order valence-corrected chi connectivity index (χ0v) is 13.7. The van der Waals surface area contributed by atoms with Gasteiger partial charge in [-0.25, -0.2) is 4.39 Å². The number of carbonyl (C=O) groups excluding carboxylic acids is 1. The van der Waals surface area contributed by atoms with Crippen LogP contribution < -0.4 is 16.4 Å². The van der Waals surface area contributed by atoms with E-state index >= 15 is 0 Å². The Morgan fingerprint density at radius 1 is 1.25 bits per heavy atom. The van der Waals surface area contributed by atoms with Crippen molar-refractivity contribution in [3.63, 3.8) is 0 Å². The predicted molar refractivity (Wildman–Crippen MR) is 93.2 cm³/mol. The largest absolute Gasteiger partial charge is 0.399 e. The van der Waals surface area contributed by atoms with Crippen molar-refractivity contribution >= 4 is 11.6 Å². The fraction of sp³-hybridized carbons (Fsp3) is 0.316. The first-order valence-electron chi connectivity index (χ1n) is 8.19. The number of hydrogen-bond acceptors (Lipinski definition) is 3. The number of carbonyl (C=O) groups is 1. The summed E-state index contributed by atoms with van der Waals surface area (Å²) in [5.41, 5.74) is 8.91. The van der Waals surface area contributed by atoms with Crippen LogP contribution in [0.15, 0.2) is 42.5 Å². The minimum Gasteiger partial charge on any atom is -0.399 e. The normalized spacial score (nSPS) is 20.6. The van der Waals surface area contributed by atoms with E-state index in [4.69, 9.17) is 5.73 Å². The van der Waals surface area contributed by atoms with Crippen molar-refractivity contribution in [2.45, 2.75) is 31.8 Å². The maximum absolute atomic E-state index is 13.3. The van der Waals surface area contributed by atoms with Gasteiger partial charge in [0.25, 0.3) is 5.91 Å². The number of piperidine rings is 1. The van der Waals surface area contributed by atoms with Gasteiger partial charge in [-0.15, -0.1) is 0 Å². The summed E-state index contributed by atoms with van der Waals surface area (Å²) >= 11 is 0. The number of benzene rings is 2. The molecule has 2 aromatic carbocycles. The molecule has 1 amide bonds. The minimum absolute atomic E-state index is 0.0866. The first kappa shape index (κ1) is 16.5. The molecule has 126 valence electrons. The maximum atomic E-state index is 13.3. The maximum Gasteiger partial charge on any atom is 0.251 e. The molecule has 2 aromatic rings. The summed E-state index contributed by atoms with van der Waals surface area (Å²) in [6, 6.07) is 12.0. The summed E-state index contributed by atoms with van der Waals surface area (Å²) in [5.74, 6) is -0.309. The van der Waals surface area contributed by atoms with E-state index in [2.05, 4.69) is 10.6 Å². The Labute approximate surface area is 141 Å². The Balaban J connectivity index is 1.67. The molecule has 1 aliphatic heterocycles. The summed E-state index contributed by atoms with van der Waals surface area (Å²) < 4.78 is 13.3. The number of nitrogen functional groups attached to an aromatic ring is 1. The molecule has 3 rings (SSSR count). The second-order valence-electron chi connectivity index (χ2n) is 6.32. The van der Waals surface area contributed by atoms with E-state index in [1.165, 1.54) is 6.07 Å². The Morgan fingerprint density at radius 2 is 2.00 bits per heavy atom. The molecule has 0 aromatic heterocycles. The molecule has 0 unspecified atom stereocenters. The van der Waals surface area contributed by atoms with Crippen molar-refractivity contribution in [1.29, 1.82) is 0 Å². The molecule has 0 aliphatic carbocycles. The number of anilines is 1. The van der Waals surface area contributed by atoms with Gasteiger partial charge in [0.2, 0.25) is 0 Å². The molecule has 1 fully saturated rings. The monoisotopic (exact) mass is 327 g/mol. The van der Waals surface area contributed by atoms with Gasteiger partial charge in [-0.3, -0.25) is 4.79 Å². The van der Waals surface area contributed by atoms with Crippen molar-refractivity contribution < 1.29 is 9.18 Å². The number of aryl methyl sites for hydroxylation is 1. The number of rotatable bonds is 3. The van der Waals surface area contributed by atoms with Crippen molar-refractivity contribution in [1.82, 2.24) is 10.6 Å². The second kappa shape index (κ2) is 7.01. The van der Waals surface area contributed by atoms with E-state index < -0.39 is 0 Å². The topological polar surface area (TPSA) is 67.2 Å². The lowest BCUT2D eigenvalue weighted by Crippen LogP contribution is -2.44. The number of amides is 1. The van der Waals surface area contributed by atoms with Crippen LogP contribution in [0.1, 0.15) is 40.4 Å². The van der Waals surface area contributed by atoms with E-state index in [9.17, 15) is 9.18 Å². The first-order chi connectivity index (χ1) is 11.5. The number of nitrogens with one attached hydrogen (secondary N) is 2. The molecular weight excluding hydrogens is 305 g/mol. The minimum atomic E-state index is -0.222. The smallest absolute Gasteiger partial charge is 0.251 e. The fourth-order valence-corrected chi connectivity index (χ4v) is 3.22. The molecule has 1 heterocycles. The molecule has 4 nitrogen and oxygen atoms in total. The highest BCUT2D eigenvalue weighted by molar-refractivity contribution is 5.94. The van der Waals surface area contributed by atoms with Crippen LogP contribution in [0.2, 0.25) is 0 Å². The number of halogens is 1. The van der Waals surface area contributed by atoms with E-state index in [1.54, 1.807) is 30.3 Å². The third kappa shape index (κ3) is 3.74. The second-order valence-corrected chi connectivity index (χ2v) is 6.32. The highest BCUT2D eigenvalue weighted by Crippen LogP contribution is 2.26. The standard InChI is InChI=1S/C19H22FN3O/c1-12-10-14(20)4-7-17(12)18-11-16(8-9-22-18)23-19(24)13-2-5-15(21)6-3-13/h2-7,10,16,18,22H,8-9,11,21H2,1H3,(H,23,24)/t16-,18+/m0/s1. The van der Waals surface area contributed by atoms with Crippen LogP contribution in [-0.2, 0) is 0 Å². The fourth-order valence-electron chi connectivity index (χ4n) is 3.22. The van der Waals surface area contributed by atoms with Crippen molar-refractivity contribution in [2.75, 3.05) is 12.3 Å².